The van der Waals surface area contributed by atoms with Crippen molar-refractivity contribution in [2.45, 2.75) is 109 Å². The Morgan fingerprint density at radius 3 is 1.63 bits per heavy atom. The second-order valence-electron chi connectivity index (χ2n) is 10.3. The molecule has 4 atom stereocenters. The molecule has 27 heavy (non-hydrogen) atoms. The fraction of sp³-hybridized carbons (Fsp3) is 0.850. The zero-order valence-electron chi connectivity index (χ0n) is 19.0. The van der Waals surface area contributed by atoms with Crippen LogP contribution in [0, 0.1) is 11.8 Å². The average Bonchev–Trinajstić information content (AvgIpc) is 2.47. The second-order valence-corrected chi connectivity index (χ2v) is 19.8. The van der Waals surface area contributed by atoms with Gasteiger partial charge in [-0.05, 0) is 49.1 Å². The van der Waals surface area contributed by atoms with E-state index in [4.69, 9.17) is 8.85 Å². The summed E-state index contributed by atoms with van der Waals surface area (Å²) in [6.45, 7) is 22.6. The number of hydrogen-bond acceptors (Lipinski definition) is 5. The lowest BCUT2D eigenvalue weighted by Crippen LogP contribution is -2.53. The van der Waals surface area contributed by atoms with E-state index in [1.807, 2.05) is 13.1 Å². The van der Waals surface area contributed by atoms with Crippen LogP contribution >= 0.6 is 0 Å². The van der Waals surface area contributed by atoms with Gasteiger partial charge in [0.25, 0.3) is 0 Å². The molecule has 0 aliphatic carbocycles. The van der Waals surface area contributed by atoms with Crippen LogP contribution in [0.4, 0.5) is 0 Å². The molecule has 0 aromatic carbocycles. The lowest BCUT2D eigenvalue weighted by Gasteiger charge is -2.42. The van der Waals surface area contributed by atoms with Gasteiger partial charge in [0.15, 0.2) is 22.9 Å². The highest BCUT2D eigenvalue weighted by molar-refractivity contribution is 6.74. The van der Waals surface area contributed by atoms with Gasteiger partial charge in [-0.15, -0.1) is 0 Å². The first-order valence-corrected chi connectivity index (χ1v) is 15.4. The van der Waals surface area contributed by atoms with Crippen LogP contribution in [0.2, 0.25) is 36.3 Å². The molecule has 0 spiro atoms. The standard InChI is InChI=1S/C20H40O5Si2/c1-15(24-26(8,9)19(2,3)4)17(22)18(23)16(13-12-14-21)25-27(10,11)20(5,6)7/h14-18,22-23H,1-11H3/t15-,16-,17-,18-/m0/s1. The molecule has 0 amide bonds. The van der Waals surface area contributed by atoms with Gasteiger partial charge in [0, 0.05) is 0 Å². The van der Waals surface area contributed by atoms with Crippen LogP contribution in [-0.2, 0) is 13.6 Å². The predicted molar refractivity (Wildman–Crippen MR) is 116 cm³/mol. The summed E-state index contributed by atoms with van der Waals surface area (Å²) in [5.74, 6) is 5.00. The molecule has 5 nitrogen and oxygen atoms in total. The number of aliphatic hydroxyl groups is 2. The Morgan fingerprint density at radius 1 is 0.852 bits per heavy atom. The van der Waals surface area contributed by atoms with E-state index in [1.165, 1.54) is 0 Å². The Hall–Kier alpha value is -0.496. The van der Waals surface area contributed by atoms with Gasteiger partial charge in [-0.25, -0.2) is 0 Å². The number of carbonyl (C=O) groups is 1. The quantitative estimate of drug-likeness (QED) is 0.376. The Bertz CT molecular complexity index is 549. The Morgan fingerprint density at radius 2 is 1.26 bits per heavy atom. The van der Waals surface area contributed by atoms with E-state index >= 15 is 0 Å². The van der Waals surface area contributed by atoms with E-state index in [0.29, 0.717) is 6.29 Å². The van der Waals surface area contributed by atoms with E-state index in [0.717, 1.165) is 0 Å². The Labute approximate surface area is 168 Å². The molecule has 0 rings (SSSR count). The smallest absolute Gasteiger partial charge is 0.193 e. The number of hydrogen-bond donors (Lipinski definition) is 2. The van der Waals surface area contributed by atoms with Crippen molar-refractivity contribution in [3.8, 4) is 11.8 Å². The van der Waals surface area contributed by atoms with Gasteiger partial charge in [-0.2, -0.15) is 0 Å². The van der Waals surface area contributed by atoms with Crippen LogP contribution in [0.1, 0.15) is 48.5 Å². The van der Waals surface area contributed by atoms with E-state index in [9.17, 15) is 15.0 Å². The minimum atomic E-state index is -2.26. The van der Waals surface area contributed by atoms with Crippen LogP contribution in [0.3, 0.4) is 0 Å². The fourth-order valence-electron chi connectivity index (χ4n) is 1.96. The van der Waals surface area contributed by atoms with Gasteiger partial charge in [0.1, 0.15) is 18.3 Å². The number of aldehydes is 1. The molecule has 7 heteroatoms. The minimum Gasteiger partial charge on any atom is -0.411 e. The van der Waals surface area contributed by atoms with Crippen molar-refractivity contribution in [1.29, 1.82) is 0 Å². The maximum atomic E-state index is 10.8. The lowest BCUT2D eigenvalue weighted by molar-refractivity contribution is -0.103. The van der Waals surface area contributed by atoms with Crippen molar-refractivity contribution >= 4 is 22.9 Å². The molecule has 0 fully saturated rings. The maximum absolute atomic E-state index is 10.8. The summed E-state index contributed by atoms with van der Waals surface area (Å²) in [5, 5.41) is 21.4. The molecule has 0 aromatic rings. The van der Waals surface area contributed by atoms with Crippen LogP contribution in [0.25, 0.3) is 0 Å². The topological polar surface area (TPSA) is 76.0 Å². The third-order valence-corrected chi connectivity index (χ3v) is 15.0. The van der Waals surface area contributed by atoms with Crippen molar-refractivity contribution in [3.63, 3.8) is 0 Å². The first kappa shape index (κ1) is 26.5. The van der Waals surface area contributed by atoms with Crippen LogP contribution in [0.5, 0.6) is 0 Å². The lowest BCUT2D eigenvalue weighted by atomic mass is 10.0. The van der Waals surface area contributed by atoms with E-state index in [-0.39, 0.29) is 10.1 Å². The second kappa shape index (κ2) is 9.33. The molecule has 0 aromatic heterocycles. The van der Waals surface area contributed by atoms with Gasteiger partial charge in [0.05, 0.1) is 6.10 Å². The molecule has 0 bridgehead atoms. The summed E-state index contributed by atoms with van der Waals surface area (Å²) in [4.78, 5) is 10.7. The molecule has 0 saturated carbocycles. The van der Waals surface area contributed by atoms with Crippen molar-refractivity contribution in [2.75, 3.05) is 0 Å². The molecule has 0 radical (unpaired) electrons. The minimum absolute atomic E-state index is 0.0136. The first-order chi connectivity index (χ1) is 11.9. The molecule has 0 saturated heterocycles. The third kappa shape index (κ3) is 7.44. The van der Waals surface area contributed by atoms with Crippen LogP contribution in [-0.4, -0.2) is 57.5 Å². The van der Waals surface area contributed by atoms with Crippen LogP contribution in [0.15, 0.2) is 0 Å². The number of rotatable bonds is 7. The van der Waals surface area contributed by atoms with Gasteiger partial charge >= 0.3 is 0 Å². The molecular weight excluding hydrogens is 376 g/mol. The zero-order valence-corrected chi connectivity index (χ0v) is 21.0. The SMILES string of the molecule is C[C@H](O[Si](C)(C)C(C)(C)C)[C@H](O)[C@@H](O)[C@H](C#CC=O)O[Si](C)(C)C(C)(C)C. The normalized spacial score (nSPS) is 18.1. The molecule has 0 heterocycles. The van der Waals surface area contributed by atoms with E-state index < -0.39 is 41.1 Å². The molecule has 0 aliphatic heterocycles. The van der Waals surface area contributed by atoms with Crippen molar-refractivity contribution in [1.82, 2.24) is 0 Å². The largest absolute Gasteiger partial charge is 0.411 e. The van der Waals surface area contributed by atoms with Gasteiger partial charge < -0.3 is 19.1 Å². The summed E-state index contributed by atoms with van der Waals surface area (Å²) in [5.41, 5.74) is 0. The predicted octanol–water partition coefficient (Wildman–Crippen LogP) is 3.71. The highest BCUT2D eigenvalue weighted by Crippen LogP contribution is 2.39. The summed E-state index contributed by atoms with van der Waals surface area (Å²) < 4.78 is 12.4. The van der Waals surface area contributed by atoms with Crippen molar-refractivity contribution in [3.05, 3.63) is 0 Å². The van der Waals surface area contributed by atoms with Crippen molar-refractivity contribution < 1.29 is 23.9 Å². The highest BCUT2D eigenvalue weighted by Gasteiger charge is 2.44. The van der Waals surface area contributed by atoms with Crippen molar-refractivity contribution in [2.24, 2.45) is 0 Å². The average molecular weight is 417 g/mol. The maximum Gasteiger partial charge on any atom is 0.193 e. The number of aliphatic hydroxyl groups excluding tert-OH is 2. The molecular formula is C20H40O5Si2. The molecule has 2 N–H and O–H groups in total. The third-order valence-electron chi connectivity index (χ3n) is 5.94. The summed E-state index contributed by atoms with van der Waals surface area (Å²) in [6.07, 6.45) is -3.50. The Balaban J connectivity index is 5.49. The summed E-state index contributed by atoms with van der Waals surface area (Å²) >= 11 is 0. The van der Waals surface area contributed by atoms with Crippen LogP contribution < -0.4 is 0 Å². The van der Waals surface area contributed by atoms with Gasteiger partial charge in [0.2, 0.25) is 0 Å². The summed E-state index contributed by atoms with van der Waals surface area (Å²) in [6, 6.07) is 0. The number of carbonyl (C=O) groups excluding carboxylic acids is 1. The van der Waals surface area contributed by atoms with E-state index in [2.05, 4.69) is 66.5 Å². The summed E-state index contributed by atoms with van der Waals surface area (Å²) in [7, 11) is -4.37. The molecule has 0 aliphatic rings. The Kier molecular flexibility index (Phi) is 9.16. The highest BCUT2D eigenvalue weighted by atomic mass is 28.4. The molecule has 158 valence electrons. The zero-order chi connectivity index (χ0) is 21.8. The fourth-order valence-corrected chi connectivity index (χ4v) is 4.57. The van der Waals surface area contributed by atoms with Gasteiger partial charge in [-0.1, -0.05) is 47.5 Å². The molecule has 0 unspecified atom stereocenters. The first-order valence-electron chi connectivity index (χ1n) is 9.54. The monoisotopic (exact) mass is 416 g/mol. The van der Waals surface area contributed by atoms with E-state index in [1.54, 1.807) is 6.92 Å². The van der Waals surface area contributed by atoms with Gasteiger partial charge in [-0.3, -0.25) is 4.79 Å².